The average Bonchev–Trinajstić information content (AvgIpc) is 2.95. The molecule has 0 fully saturated rings. The number of rotatable bonds is 22. The minimum atomic E-state index is -0.565. The first kappa shape index (κ1) is 33.9. The molecule has 0 spiro atoms. The Morgan fingerprint density at radius 2 is 1.30 bits per heavy atom. The van der Waals surface area contributed by atoms with Crippen molar-refractivity contribution in [1.29, 1.82) is 0 Å². The molecule has 0 amide bonds. The Hall–Kier alpha value is -2.33. The van der Waals surface area contributed by atoms with E-state index in [2.05, 4.69) is 64.3 Å². The molecule has 2 aromatic rings. The van der Waals surface area contributed by atoms with Gasteiger partial charge in [0.1, 0.15) is 18.2 Å². The fraction of sp³-hybridized carbons (Fsp3) is 0.639. The summed E-state index contributed by atoms with van der Waals surface area (Å²) in [6, 6.07) is 18.7. The second-order valence-electron chi connectivity index (χ2n) is 12.2. The number of aryl methyl sites for hydroxylation is 1. The molecule has 2 rings (SSSR count). The van der Waals surface area contributed by atoms with E-state index in [4.69, 9.17) is 9.47 Å². The van der Waals surface area contributed by atoms with Gasteiger partial charge in [0.2, 0.25) is 6.29 Å². The number of benzene rings is 2. The summed E-state index contributed by atoms with van der Waals surface area (Å²) in [6.07, 6.45) is 16.6. The summed E-state index contributed by atoms with van der Waals surface area (Å²) in [5, 5.41) is 0. The number of carbonyl (C=O) groups is 1. The number of carbonyl (C=O) groups excluding carboxylic acids is 1. The molecule has 0 aliphatic carbocycles. The lowest BCUT2D eigenvalue weighted by molar-refractivity contribution is -0.906. The molecule has 4 nitrogen and oxygen atoms in total. The van der Waals surface area contributed by atoms with Gasteiger partial charge in [-0.3, -0.25) is 4.79 Å². The number of hydrogen-bond donors (Lipinski definition) is 0. The first-order valence-corrected chi connectivity index (χ1v) is 16.2. The first-order valence-electron chi connectivity index (χ1n) is 16.2. The van der Waals surface area contributed by atoms with Crippen LogP contribution in [-0.2, 0) is 22.5 Å². The summed E-state index contributed by atoms with van der Waals surface area (Å²) in [4.78, 5) is 13.2. The zero-order valence-electron chi connectivity index (χ0n) is 26.3. The van der Waals surface area contributed by atoms with E-state index in [1.807, 2.05) is 25.1 Å². The van der Waals surface area contributed by atoms with E-state index in [1.54, 1.807) is 0 Å². The van der Waals surface area contributed by atoms with Crippen molar-refractivity contribution in [2.75, 3.05) is 20.6 Å². The maximum absolute atomic E-state index is 13.2. The Labute approximate surface area is 246 Å². The van der Waals surface area contributed by atoms with Crippen molar-refractivity contribution in [3.63, 3.8) is 0 Å². The molecule has 0 heterocycles. The standard InChI is InChI=1S/C36H58NO3/c1-6-9-10-11-12-13-14-15-16-17-21-26-33-27-22-23-28-34(33)39-35(8-3)40-36(38)32(7-2)30-37(4,5)29-31-24-19-18-20-25-31/h18-20,22-25,27-28,32,35H,6-17,21,26,29-30H2,1-5H3/q+1. The average molecular weight is 553 g/mol. The number of para-hydroxylation sites is 1. The Morgan fingerprint density at radius 1 is 0.725 bits per heavy atom. The van der Waals surface area contributed by atoms with Crippen LogP contribution in [0.3, 0.4) is 0 Å². The lowest BCUT2D eigenvalue weighted by atomic mass is 10.0. The smallest absolute Gasteiger partial charge is 0.317 e. The molecule has 224 valence electrons. The summed E-state index contributed by atoms with van der Waals surface area (Å²) in [5.74, 6) is 0.530. The van der Waals surface area contributed by atoms with Crippen LogP contribution in [0.15, 0.2) is 54.6 Å². The monoisotopic (exact) mass is 552 g/mol. The third-order valence-corrected chi connectivity index (χ3v) is 7.86. The fourth-order valence-electron chi connectivity index (χ4n) is 5.47. The zero-order chi connectivity index (χ0) is 29.1. The molecule has 0 radical (unpaired) electrons. The van der Waals surface area contributed by atoms with Gasteiger partial charge < -0.3 is 14.0 Å². The van der Waals surface area contributed by atoms with Crippen molar-refractivity contribution >= 4 is 5.97 Å². The van der Waals surface area contributed by atoms with E-state index in [9.17, 15) is 4.79 Å². The SMILES string of the molecule is CCCCCCCCCCCCCc1ccccc1OC(CC)OC(=O)C(CC)C[N+](C)(C)Cc1ccccc1. The zero-order valence-corrected chi connectivity index (χ0v) is 26.3. The predicted octanol–water partition coefficient (Wildman–Crippen LogP) is 9.50. The van der Waals surface area contributed by atoms with Gasteiger partial charge in [-0.1, -0.05) is 134 Å². The maximum Gasteiger partial charge on any atom is 0.317 e. The minimum Gasteiger partial charge on any atom is -0.455 e. The highest BCUT2D eigenvalue weighted by Crippen LogP contribution is 2.24. The van der Waals surface area contributed by atoms with Crippen LogP contribution in [0.2, 0.25) is 0 Å². The molecule has 0 saturated carbocycles. The number of unbranched alkanes of at least 4 members (excludes halogenated alkanes) is 10. The van der Waals surface area contributed by atoms with Crippen LogP contribution in [0.4, 0.5) is 0 Å². The highest BCUT2D eigenvalue weighted by molar-refractivity contribution is 5.72. The van der Waals surface area contributed by atoms with Gasteiger partial charge in [-0.05, 0) is 30.9 Å². The lowest BCUT2D eigenvalue weighted by Gasteiger charge is -2.33. The van der Waals surface area contributed by atoms with E-state index in [1.165, 1.54) is 81.8 Å². The van der Waals surface area contributed by atoms with Crippen LogP contribution < -0.4 is 4.74 Å². The van der Waals surface area contributed by atoms with Gasteiger partial charge in [0.15, 0.2) is 0 Å². The van der Waals surface area contributed by atoms with Crippen molar-refractivity contribution in [2.24, 2.45) is 5.92 Å². The van der Waals surface area contributed by atoms with E-state index in [-0.39, 0.29) is 11.9 Å². The molecular weight excluding hydrogens is 494 g/mol. The van der Waals surface area contributed by atoms with Gasteiger partial charge in [-0.2, -0.15) is 0 Å². The lowest BCUT2D eigenvalue weighted by Crippen LogP contribution is -2.45. The quantitative estimate of drug-likeness (QED) is 0.0631. The van der Waals surface area contributed by atoms with Gasteiger partial charge in [0, 0.05) is 12.0 Å². The molecule has 0 bridgehead atoms. The van der Waals surface area contributed by atoms with E-state index < -0.39 is 6.29 Å². The second-order valence-corrected chi connectivity index (χ2v) is 12.2. The molecule has 0 aromatic heterocycles. The topological polar surface area (TPSA) is 35.5 Å². The van der Waals surface area contributed by atoms with E-state index >= 15 is 0 Å². The highest BCUT2D eigenvalue weighted by atomic mass is 16.7. The minimum absolute atomic E-state index is 0.156. The summed E-state index contributed by atoms with van der Waals surface area (Å²) in [7, 11) is 4.36. The van der Waals surface area contributed by atoms with E-state index in [0.717, 1.165) is 36.2 Å². The number of esters is 1. The molecule has 2 aromatic carbocycles. The molecule has 2 unspecified atom stereocenters. The Balaban J connectivity index is 1.79. The number of hydrogen-bond acceptors (Lipinski definition) is 3. The van der Waals surface area contributed by atoms with E-state index in [0.29, 0.717) is 6.42 Å². The number of ether oxygens (including phenoxy) is 2. The Morgan fingerprint density at radius 3 is 1.90 bits per heavy atom. The van der Waals surface area contributed by atoms with Gasteiger partial charge >= 0.3 is 5.97 Å². The Bertz CT molecular complexity index is 927. The molecular formula is C36H58NO3+. The molecule has 40 heavy (non-hydrogen) atoms. The third kappa shape index (κ3) is 13.8. The van der Waals surface area contributed by atoms with Crippen LogP contribution in [0.5, 0.6) is 5.75 Å². The summed E-state index contributed by atoms with van der Waals surface area (Å²) < 4.78 is 13.0. The van der Waals surface area contributed by atoms with Crippen LogP contribution in [0.1, 0.15) is 115 Å². The first-order chi connectivity index (χ1) is 19.4. The third-order valence-electron chi connectivity index (χ3n) is 7.86. The van der Waals surface area contributed by atoms with Crippen LogP contribution in [0.25, 0.3) is 0 Å². The fourth-order valence-corrected chi connectivity index (χ4v) is 5.47. The number of nitrogens with zero attached hydrogens (tertiary/aromatic N) is 1. The van der Waals surface area contributed by atoms with Crippen LogP contribution in [-0.4, -0.2) is 37.4 Å². The van der Waals surface area contributed by atoms with Crippen LogP contribution in [0, 0.1) is 5.92 Å². The van der Waals surface area contributed by atoms with Crippen molar-refractivity contribution in [2.45, 2.75) is 123 Å². The molecule has 0 aliphatic rings. The molecule has 4 heteroatoms. The number of quaternary nitrogens is 1. The largest absolute Gasteiger partial charge is 0.455 e. The summed E-state index contributed by atoms with van der Waals surface area (Å²) in [5.41, 5.74) is 2.49. The second kappa shape index (κ2) is 19.7. The van der Waals surface area contributed by atoms with Crippen molar-refractivity contribution < 1.29 is 18.8 Å². The van der Waals surface area contributed by atoms with Gasteiger partial charge in [-0.15, -0.1) is 0 Å². The normalized spacial score (nSPS) is 13.1. The summed E-state index contributed by atoms with van der Waals surface area (Å²) in [6.45, 7) is 7.97. The van der Waals surface area contributed by atoms with Gasteiger partial charge in [0.25, 0.3) is 0 Å². The Kier molecular flexibility index (Phi) is 16.7. The summed E-state index contributed by atoms with van der Waals surface area (Å²) >= 11 is 0. The van der Waals surface area contributed by atoms with Crippen molar-refractivity contribution in [3.05, 3.63) is 65.7 Å². The molecule has 0 N–H and O–H groups in total. The molecule has 2 atom stereocenters. The van der Waals surface area contributed by atoms with Crippen LogP contribution >= 0.6 is 0 Å². The molecule has 0 saturated heterocycles. The maximum atomic E-state index is 13.2. The highest BCUT2D eigenvalue weighted by Gasteiger charge is 2.30. The van der Waals surface area contributed by atoms with Crippen molar-refractivity contribution in [1.82, 2.24) is 0 Å². The van der Waals surface area contributed by atoms with Gasteiger partial charge in [-0.25, -0.2) is 0 Å². The van der Waals surface area contributed by atoms with Crippen molar-refractivity contribution in [3.8, 4) is 5.75 Å². The van der Waals surface area contributed by atoms with Gasteiger partial charge in [0.05, 0.1) is 20.6 Å². The predicted molar refractivity (Wildman–Crippen MR) is 168 cm³/mol. The molecule has 0 aliphatic heterocycles.